The topological polar surface area (TPSA) is 128 Å². The first kappa shape index (κ1) is 19.0. The summed E-state index contributed by atoms with van der Waals surface area (Å²) in [5.74, 6) is -1.25. The van der Waals surface area contributed by atoms with Gasteiger partial charge in [-0.15, -0.1) is 0 Å². The predicted molar refractivity (Wildman–Crippen MR) is 99.1 cm³/mol. The van der Waals surface area contributed by atoms with E-state index in [1.807, 2.05) is 0 Å². The van der Waals surface area contributed by atoms with Gasteiger partial charge >= 0.3 is 0 Å². The summed E-state index contributed by atoms with van der Waals surface area (Å²) in [5.41, 5.74) is -0.773. The Kier molecular flexibility index (Phi) is 4.83. The molecule has 0 atom stereocenters. The van der Waals surface area contributed by atoms with Gasteiger partial charge in [-0.2, -0.15) is 0 Å². The Hall–Kier alpha value is -3.75. The summed E-state index contributed by atoms with van der Waals surface area (Å²) in [6, 6.07) is 3.54. The molecule has 0 unspecified atom stereocenters. The zero-order valence-corrected chi connectivity index (χ0v) is 15.5. The van der Waals surface area contributed by atoms with E-state index in [-0.39, 0.29) is 56.8 Å². The van der Waals surface area contributed by atoms with Gasteiger partial charge in [0, 0.05) is 12.1 Å². The molecule has 3 N–H and O–H groups in total. The quantitative estimate of drug-likeness (QED) is 0.602. The number of hydrogen-bond acceptors (Lipinski definition) is 9. The summed E-state index contributed by atoms with van der Waals surface area (Å²) >= 11 is 0. The van der Waals surface area contributed by atoms with Crippen LogP contribution in [0.15, 0.2) is 27.4 Å². The lowest BCUT2D eigenvalue weighted by Gasteiger charge is -2.15. The molecule has 28 heavy (non-hydrogen) atoms. The van der Waals surface area contributed by atoms with E-state index in [2.05, 4.69) is 0 Å². The largest absolute Gasteiger partial charge is 0.507 e. The third kappa shape index (κ3) is 2.77. The normalized spacial score (nSPS) is 10.7. The van der Waals surface area contributed by atoms with Crippen molar-refractivity contribution in [2.45, 2.75) is 0 Å². The Morgan fingerprint density at radius 3 is 1.96 bits per heavy atom. The highest BCUT2D eigenvalue weighted by molar-refractivity contribution is 5.93. The molecule has 0 bridgehead atoms. The minimum atomic E-state index is -0.691. The molecule has 0 fully saturated rings. The molecule has 0 saturated carbocycles. The lowest BCUT2D eigenvalue weighted by atomic mass is 10.1. The number of methoxy groups -OCH3 is 4. The lowest BCUT2D eigenvalue weighted by molar-refractivity contribution is 0.348. The molecule has 0 aliphatic heterocycles. The van der Waals surface area contributed by atoms with E-state index < -0.39 is 11.2 Å². The Labute approximate surface area is 158 Å². The third-order valence-corrected chi connectivity index (χ3v) is 4.19. The van der Waals surface area contributed by atoms with Gasteiger partial charge in [0.15, 0.2) is 28.6 Å². The molecule has 1 aromatic heterocycles. The van der Waals surface area contributed by atoms with Gasteiger partial charge in [-0.05, 0) is 6.07 Å². The highest BCUT2D eigenvalue weighted by atomic mass is 16.5. The van der Waals surface area contributed by atoms with Gasteiger partial charge in [0.25, 0.3) is 0 Å². The standard InChI is InChI=1S/C19H18O9/c1-24-12-5-8(9(20)6-10(12)21)16-19(27-4)15(23)14-11(22)7-13(25-2)17(26-3)18(14)28-16/h5-7,20-22H,1-4H3. The molecular formula is C19H18O9. The number of phenols is 3. The van der Waals surface area contributed by atoms with Crippen LogP contribution in [0.2, 0.25) is 0 Å². The van der Waals surface area contributed by atoms with E-state index in [9.17, 15) is 20.1 Å². The molecule has 0 amide bonds. The third-order valence-electron chi connectivity index (χ3n) is 4.19. The summed E-state index contributed by atoms with van der Waals surface area (Å²) in [7, 11) is 5.28. The zero-order chi connectivity index (χ0) is 20.6. The van der Waals surface area contributed by atoms with Crippen LogP contribution in [0.1, 0.15) is 0 Å². The van der Waals surface area contributed by atoms with E-state index in [1.165, 1.54) is 40.6 Å². The number of benzene rings is 2. The van der Waals surface area contributed by atoms with Crippen molar-refractivity contribution in [1.82, 2.24) is 0 Å². The fourth-order valence-corrected chi connectivity index (χ4v) is 2.90. The molecule has 9 nitrogen and oxygen atoms in total. The highest BCUT2D eigenvalue weighted by Crippen LogP contribution is 2.46. The number of hydrogen-bond donors (Lipinski definition) is 3. The molecule has 148 valence electrons. The van der Waals surface area contributed by atoms with Crippen LogP contribution in [0.3, 0.4) is 0 Å². The maximum Gasteiger partial charge on any atom is 0.239 e. The average molecular weight is 390 g/mol. The van der Waals surface area contributed by atoms with E-state index in [0.717, 1.165) is 6.07 Å². The van der Waals surface area contributed by atoms with Crippen LogP contribution in [0.5, 0.6) is 40.2 Å². The van der Waals surface area contributed by atoms with Gasteiger partial charge < -0.3 is 38.7 Å². The Morgan fingerprint density at radius 2 is 1.39 bits per heavy atom. The number of rotatable bonds is 5. The summed E-state index contributed by atoms with van der Waals surface area (Å²) in [6.07, 6.45) is 0. The van der Waals surface area contributed by atoms with Crippen LogP contribution in [0.25, 0.3) is 22.3 Å². The van der Waals surface area contributed by atoms with Crippen LogP contribution in [-0.2, 0) is 0 Å². The predicted octanol–water partition coefficient (Wildman–Crippen LogP) is 2.61. The molecule has 0 aliphatic rings. The molecule has 2 aromatic carbocycles. The first-order chi connectivity index (χ1) is 13.4. The summed E-state index contributed by atoms with van der Waals surface area (Å²) in [6.45, 7) is 0. The molecule has 3 aromatic rings. The minimum Gasteiger partial charge on any atom is -0.507 e. The van der Waals surface area contributed by atoms with Crippen molar-refractivity contribution >= 4 is 11.0 Å². The Bertz CT molecular complexity index is 1120. The van der Waals surface area contributed by atoms with Crippen molar-refractivity contribution in [1.29, 1.82) is 0 Å². The smallest absolute Gasteiger partial charge is 0.239 e. The summed E-state index contributed by atoms with van der Waals surface area (Å²) in [5, 5.41) is 30.2. The van der Waals surface area contributed by atoms with Crippen LogP contribution in [0.4, 0.5) is 0 Å². The SMILES string of the molecule is COc1cc(-c2oc3c(OC)c(OC)cc(O)c3c(=O)c2OC)c(O)cc1O. The van der Waals surface area contributed by atoms with Gasteiger partial charge in [-0.3, -0.25) is 4.79 Å². The van der Waals surface area contributed by atoms with E-state index in [1.54, 1.807) is 0 Å². The molecule has 0 spiro atoms. The van der Waals surface area contributed by atoms with Crippen molar-refractivity contribution in [3.63, 3.8) is 0 Å². The van der Waals surface area contributed by atoms with E-state index >= 15 is 0 Å². The molecule has 0 saturated heterocycles. The van der Waals surface area contributed by atoms with Crippen molar-refractivity contribution < 1.29 is 38.7 Å². The van der Waals surface area contributed by atoms with Crippen molar-refractivity contribution in [3.05, 3.63) is 28.4 Å². The van der Waals surface area contributed by atoms with Crippen LogP contribution in [-0.4, -0.2) is 43.8 Å². The molecule has 1 heterocycles. The first-order valence-corrected chi connectivity index (χ1v) is 7.96. The Balaban J connectivity index is 2.50. The summed E-state index contributed by atoms with van der Waals surface area (Å²) in [4.78, 5) is 13.0. The van der Waals surface area contributed by atoms with Crippen molar-refractivity contribution in [2.75, 3.05) is 28.4 Å². The fraction of sp³-hybridized carbons (Fsp3) is 0.211. The van der Waals surface area contributed by atoms with Crippen LogP contribution < -0.4 is 24.4 Å². The van der Waals surface area contributed by atoms with Gasteiger partial charge in [0.05, 0.1) is 34.0 Å². The number of ether oxygens (including phenoxy) is 4. The maximum absolute atomic E-state index is 13.0. The zero-order valence-electron chi connectivity index (χ0n) is 15.5. The lowest BCUT2D eigenvalue weighted by Crippen LogP contribution is -2.09. The highest BCUT2D eigenvalue weighted by Gasteiger charge is 2.26. The van der Waals surface area contributed by atoms with E-state index in [0.29, 0.717) is 0 Å². The first-order valence-electron chi connectivity index (χ1n) is 7.96. The second-order valence-electron chi connectivity index (χ2n) is 5.67. The van der Waals surface area contributed by atoms with Gasteiger partial charge in [0.1, 0.15) is 16.9 Å². The summed E-state index contributed by atoms with van der Waals surface area (Å²) < 4.78 is 26.5. The number of aromatic hydroxyl groups is 3. The maximum atomic E-state index is 13.0. The average Bonchev–Trinajstić information content (AvgIpc) is 2.67. The van der Waals surface area contributed by atoms with Crippen LogP contribution in [0, 0.1) is 0 Å². The Morgan fingerprint density at radius 1 is 0.750 bits per heavy atom. The molecule has 0 aliphatic carbocycles. The second-order valence-corrected chi connectivity index (χ2v) is 5.67. The fourth-order valence-electron chi connectivity index (χ4n) is 2.90. The minimum absolute atomic E-state index is 0.0230. The van der Waals surface area contributed by atoms with Gasteiger partial charge in [-0.25, -0.2) is 0 Å². The number of fused-ring (bicyclic) bond motifs is 1. The van der Waals surface area contributed by atoms with E-state index in [4.69, 9.17) is 23.4 Å². The number of phenolic OH excluding ortho intramolecular Hbond substituents is 3. The van der Waals surface area contributed by atoms with Crippen molar-refractivity contribution in [3.8, 4) is 51.6 Å². The van der Waals surface area contributed by atoms with Crippen molar-refractivity contribution in [2.24, 2.45) is 0 Å². The van der Waals surface area contributed by atoms with Gasteiger partial charge in [0.2, 0.25) is 16.9 Å². The molecule has 3 rings (SSSR count). The molecule has 9 heteroatoms. The molecule has 0 radical (unpaired) electrons. The molecular weight excluding hydrogens is 372 g/mol. The van der Waals surface area contributed by atoms with Crippen LogP contribution >= 0.6 is 0 Å². The van der Waals surface area contributed by atoms with Gasteiger partial charge in [-0.1, -0.05) is 0 Å². The second kappa shape index (κ2) is 7.10. The monoisotopic (exact) mass is 390 g/mol.